The number of hydrogen-bond acceptors (Lipinski definition) is 4. The highest BCUT2D eigenvalue weighted by Crippen LogP contribution is 2.29. The number of nitrogens with zero attached hydrogens (tertiary/aromatic N) is 1. The van der Waals surface area contributed by atoms with Crippen molar-refractivity contribution in [1.82, 2.24) is 4.31 Å². The van der Waals surface area contributed by atoms with Crippen molar-refractivity contribution >= 4 is 21.6 Å². The molecule has 1 aliphatic rings. The molecule has 0 radical (unpaired) electrons. The Morgan fingerprint density at radius 2 is 1.90 bits per heavy atom. The second-order valence-corrected chi connectivity index (χ2v) is 7.22. The second-order valence-electron chi connectivity index (χ2n) is 4.88. The molecule has 1 aromatic rings. The number of sulfonamides is 1. The Hall–Kier alpha value is -0.820. The summed E-state index contributed by atoms with van der Waals surface area (Å²) in [6.07, 6.45) is -0.245. The molecule has 1 fully saturated rings. The molecule has 0 N–H and O–H groups in total. The highest BCUT2D eigenvalue weighted by Gasteiger charge is 2.32. The van der Waals surface area contributed by atoms with Crippen molar-refractivity contribution in [3.05, 3.63) is 23.2 Å². The normalized spacial score (nSPS) is 24.6. The van der Waals surface area contributed by atoms with Gasteiger partial charge in [0.1, 0.15) is 5.75 Å². The zero-order chi connectivity index (χ0) is 14.9. The third-order valence-corrected chi connectivity index (χ3v) is 5.29. The van der Waals surface area contributed by atoms with Gasteiger partial charge in [0.15, 0.2) is 0 Å². The number of hydrogen-bond donors (Lipinski definition) is 0. The minimum atomic E-state index is -3.56. The molecule has 0 spiro atoms. The third-order valence-electron chi connectivity index (χ3n) is 3.15. The molecule has 1 aliphatic heterocycles. The maximum Gasteiger partial charge on any atom is 0.243 e. The summed E-state index contributed by atoms with van der Waals surface area (Å²) in [5.41, 5.74) is 0. The molecule has 2 atom stereocenters. The van der Waals surface area contributed by atoms with E-state index in [9.17, 15) is 8.42 Å². The Morgan fingerprint density at radius 1 is 1.30 bits per heavy atom. The minimum Gasteiger partial charge on any atom is -0.495 e. The summed E-state index contributed by atoms with van der Waals surface area (Å²) < 4.78 is 37.3. The van der Waals surface area contributed by atoms with Crippen molar-refractivity contribution < 1.29 is 17.9 Å². The molecule has 0 bridgehead atoms. The number of halogens is 1. The molecule has 112 valence electrons. The van der Waals surface area contributed by atoms with Crippen molar-refractivity contribution in [2.75, 3.05) is 20.2 Å². The first kappa shape index (κ1) is 15.6. The van der Waals surface area contributed by atoms with Crippen molar-refractivity contribution in [2.24, 2.45) is 0 Å². The zero-order valence-electron chi connectivity index (χ0n) is 11.7. The van der Waals surface area contributed by atoms with Gasteiger partial charge in [0.2, 0.25) is 10.0 Å². The van der Waals surface area contributed by atoms with E-state index in [0.717, 1.165) is 0 Å². The molecular formula is C13H18ClNO4S. The van der Waals surface area contributed by atoms with Gasteiger partial charge in [0, 0.05) is 19.2 Å². The van der Waals surface area contributed by atoms with Gasteiger partial charge in [-0.15, -0.1) is 0 Å². The van der Waals surface area contributed by atoms with Crippen LogP contribution < -0.4 is 4.74 Å². The van der Waals surface area contributed by atoms with E-state index in [0.29, 0.717) is 23.9 Å². The van der Waals surface area contributed by atoms with Crippen molar-refractivity contribution in [1.29, 1.82) is 0 Å². The van der Waals surface area contributed by atoms with E-state index in [2.05, 4.69) is 0 Å². The molecule has 2 unspecified atom stereocenters. The quantitative estimate of drug-likeness (QED) is 0.856. The molecule has 0 amide bonds. The molecule has 7 heteroatoms. The van der Waals surface area contributed by atoms with Gasteiger partial charge in [-0.05, 0) is 26.0 Å². The fourth-order valence-electron chi connectivity index (χ4n) is 2.28. The lowest BCUT2D eigenvalue weighted by atomic mass is 10.3. The lowest BCUT2D eigenvalue weighted by molar-refractivity contribution is -0.0440. The number of morpholine rings is 1. The topological polar surface area (TPSA) is 55.8 Å². The highest BCUT2D eigenvalue weighted by molar-refractivity contribution is 7.89. The van der Waals surface area contributed by atoms with Crippen LogP contribution in [0.2, 0.25) is 5.02 Å². The van der Waals surface area contributed by atoms with Crippen LogP contribution in [0, 0.1) is 0 Å². The predicted molar refractivity (Wildman–Crippen MR) is 76.8 cm³/mol. The Balaban J connectivity index is 2.34. The zero-order valence-corrected chi connectivity index (χ0v) is 13.2. The summed E-state index contributed by atoms with van der Waals surface area (Å²) in [4.78, 5) is 0.181. The number of rotatable bonds is 3. The Morgan fingerprint density at radius 3 is 2.45 bits per heavy atom. The van der Waals surface area contributed by atoms with Crippen LogP contribution in [-0.4, -0.2) is 45.1 Å². The van der Waals surface area contributed by atoms with E-state index in [1.807, 2.05) is 13.8 Å². The smallest absolute Gasteiger partial charge is 0.243 e. The fraction of sp³-hybridized carbons (Fsp3) is 0.538. The van der Waals surface area contributed by atoms with Crippen LogP contribution >= 0.6 is 11.6 Å². The van der Waals surface area contributed by atoms with Gasteiger partial charge < -0.3 is 9.47 Å². The summed E-state index contributed by atoms with van der Waals surface area (Å²) in [6, 6.07) is 4.47. The maximum atomic E-state index is 12.6. The fourth-order valence-corrected chi connectivity index (χ4v) is 4.08. The summed E-state index contributed by atoms with van der Waals surface area (Å²) in [7, 11) is -2.11. The minimum absolute atomic E-state index is 0.122. The molecule has 20 heavy (non-hydrogen) atoms. The van der Waals surface area contributed by atoms with Gasteiger partial charge in [0.05, 0.1) is 29.2 Å². The van der Waals surface area contributed by atoms with Crippen LogP contribution in [-0.2, 0) is 14.8 Å². The first-order chi connectivity index (χ1) is 9.34. The predicted octanol–water partition coefficient (Wildman–Crippen LogP) is 2.15. The number of methoxy groups -OCH3 is 1. The van der Waals surface area contributed by atoms with E-state index >= 15 is 0 Å². The molecule has 1 saturated heterocycles. The van der Waals surface area contributed by atoms with Gasteiger partial charge in [-0.3, -0.25) is 0 Å². The highest BCUT2D eigenvalue weighted by atomic mass is 35.5. The Bertz CT molecular complexity index is 580. The van der Waals surface area contributed by atoms with Gasteiger partial charge in [-0.25, -0.2) is 8.42 Å². The SMILES string of the molecule is COc1cc(S(=O)(=O)N2CC(C)OC(C)C2)ccc1Cl. The average molecular weight is 320 g/mol. The van der Waals surface area contributed by atoms with Crippen LogP contribution in [0.1, 0.15) is 13.8 Å². The first-order valence-electron chi connectivity index (χ1n) is 6.33. The summed E-state index contributed by atoms with van der Waals surface area (Å²) in [5.74, 6) is 0.349. The van der Waals surface area contributed by atoms with Gasteiger partial charge in [-0.1, -0.05) is 11.6 Å². The van der Waals surface area contributed by atoms with Crippen molar-refractivity contribution in [3.8, 4) is 5.75 Å². The molecule has 1 aromatic carbocycles. The largest absolute Gasteiger partial charge is 0.495 e. The van der Waals surface area contributed by atoms with E-state index in [1.54, 1.807) is 0 Å². The lowest BCUT2D eigenvalue weighted by Gasteiger charge is -2.34. The Kier molecular flexibility index (Phi) is 4.59. The van der Waals surface area contributed by atoms with Crippen LogP contribution in [0.4, 0.5) is 0 Å². The summed E-state index contributed by atoms with van der Waals surface area (Å²) >= 11 is 5.93. The molecule has 2 rings (SSSR count). The maximum absolute atomic E-state index is 12.6. The Labute approximate surface area is 124 Å². The number of ether oxygens (including phenoxy) is 2. The molecule has 0 aromatic heterocycles. The van der Waals surface area contributed by atoms with Crippen LogP contribution in [0.5, 0.6) is 5.75 Å². The van der Waals surface area contributed by atoms with E-state index in [-0.39, 0.29) is 17.1 Å². The van der Waals surface area contributed by atoms with Crippen molar-refractivity contribution in [3.63, 3.8) is 0 Å². The van der Waals surface area contributed by atoms with E-state index < -0.39 is 10.0 Å². The molecule has 1 heterocycles. The molecular weight excluding hydrogens is 302 g/mol. The molecule has 0 saturated carbocycles. The standard InChI is InChI=1S/C13H18ClNO4S/c1-9-7-15(8-10(2)19-9)20(16,17)11-4-5-12(14)13(6-11)18-3/h4-6,9-10H,7-8H2,1-3H3. The van der Waals surface area contributed by atoms with Gasteiger partial charge >= 0.3 is 0 Å². The van der Waals surface area contributed by atoms with Crippen LogP contribution in [0.25, 0.3) is 0 Å². The van der Waals surface area contributed by atoms with Crippen LogP contribution in [0.3, 0.4) is 0 Å². The van der Waals surface area contributed by atoms with Crippen molar-refractivity contribution in [2.45, 2.75) is 31.0 Å². The average Bonchev–Trinajstić information content (AvgIpc) is 2.37. The lowest BCUT2D eigenvalue weighted by Crippen LogP contribution is -2.48. The van der Waals surface area contributed by atoms with E-state index in [4.69, 9.17) is 21.1 Å². The third kappa shape index (κ3) is 3.09. The molecule has 5 nitrogen and oxygen atoms in total. The summed E-state index contributed by atoms with van der Waals surface area (Å²) in [5, 5.41) is 0.384. The summed E-state index contributed by atoms with van der Waals surface area (Å²) in [6.45, 7) is 4.41. The second kappa shape index (κ2) is 5.89. The van der Waals surface area contributed by atoms with Gasteiger partial charge in [0.25, 0.3) is 0 Å². The monoisotopic (exact) mass is 319 g/mol. The van der Waals surface area contributed by atoms with Crippen LogP contribution in [0.15, 0.2) is 23.1 Å². The van der Waals surface area contributed by atoms with Gasteiger partial charge in [-0.2, -0.15) is 4.31 Å². The molecule has 0 aliphatic carbocycles. The first-order valence-corrected chi connectivity index (χ1v) is 8.15. The number of benzene rings is 1. The van der Waals surface area contributed by atoms with E-state index in [1.165, 1.54) is 29.6 Å².